The van der Waals surface area contributed by atoms with E-state index in [2.05, 4.69) is 9.88 Å². The van der Waals surface area contributed by atoms with Crippen LogP contribution < -0.4 is 0 Å². The summed E-state index contributed by atoms with van der Waals surface area (Å²) in [5.74, 6) is -0.207. The Kier molecular flexibility index (Phi) is 4.46. The molecule has 0 spiro atoms. The maximum Gasteiger partial charge on any atom is 0.124 e. The highest BCUT2D eigenvalue weighted by atomic mass is 19.1. The first-order valence-electron chi connectivity index (χ1n) is 7.66. The average Bonchev–Trinajstić information content (AvgIpc) is 2.42. The first kappa shape index (κ1) is 14.4. The smallest absolute Gasteiger partial charge is 0.124 e. The summed E-state index contributed by atoms with van der Waals surface area (Å²) in [6, 6.07) is 7.43. The summed E-state index contributed by atoms with van der Waals surface area (Å²) < 4.78 is 13.8. The minimum atomic E-state index is -0.207. The predicted octanol–water partition coefficient (Wildman–Crippen LogP) is 3.11. The molecule has 0 amide bonds. The third-order valence-corrected chi connectivity index (χ3v) is 4.32. The van der Waals surface area contributed by atoms with Gasteiger partial charge < -0.3 is 5.11 Å². The van der Waals surface area contributed by atoms with Crippen LogP contribution in [0, 0.1) is 5.82 Å². The van der Waals surface area contributed by atoms with Gasteiger partial charge in [0.25, 0.3) is 0 Å². The Morgan fingerprint density at radius 3 is 2.90 bits per heavy atom. The number of rotatable bonds is 6. The zero-order chi connectivity index (χ0) is 14.7. The number of pyridine rings is 1. The minimum absolute atomic E-state index is 0.200. The van der Waals surface area contributed by atoms with Crippen molar-refractivity contribution in [3.63, 3.8) is 0 Å². The largest absolute Gasteiger partial charge is 0.396 e. The molecule has 21 heavy (non-hydrogen) atoms. The van der Waals surface area contributed by atoms with Gasteiger partial charge in [-0.1, -0.05) is 12.5 Å². The number of aliphatic hydroxyl groups excluding tert-OH is 1. The molecule has 1 aliphatic carbocycles. The van der Waals surface area contributed by atoms with Crippen molar-refractivity contribution in [2.75, 3.05) is 13.2 Å². The number of hydrogen-bond acceptors (Lipinski definition) is 3. The van der Waals surface area contributed by atoms with Gasteiger partial charge in [0.15, 0.2) is 0 Å². The van der Waals surface area contributed by atoms with Crippen molar-refractivity contribution in [2.24, 2.45) is 0 Å². The minimum Gasteiger partial charge on any atom is -0.396 e. The molecular weight excluding hydrogens is 267 g/mol. The number of hydrogen-bond donors (Lipinski definition) is 1. The van der Waals surface area contributed by atoms with E-state index in [0.717, 1.165) is 29.4 Å². The molecule has 1 fully saturated rings. The van der Waals surface area contributed by atoms with Gasteiger partial charge >= 0.3 is 0 Å². The van der Waals surface area contributed by atoms with Gasteiger partial charge in [-0.25, -0.2) is 4.39 Å². The highest BCUT2D eigenvalue weighted by Gasteiger charge is 2.25. The van der Waals surface area contributed by atoms with Crippen LogP contribution in [0.5, 0.6) is 0 Å². The van der Waals surface area contributed by atoms with Crippen LogP contribution in [0.15, 0.2) is 30.5 Å². The fraction of sp³-hybridized carbons (Fsp3) is 0.471. The van der Waals surface area contributed by atoms with Gasteiger partial charge in [0.05, 0.1) is 5.52 Å². The van der Waals surface area contributed by atoms with Gasteiger partial charge in [0.1, 0.15) is 5.82 Å². The topological polar surface area (TPSA) is 36.4 Å². The van der Waals surface area contributed by atoms with E-state index in [1.54, 1.807) is 12.3 Å². The molecule has 1 aromatic carbocycles. The Balaban J connectivity index is 1.87. The molecule has 0 radical (unpaired) electrons. The van der Waals surface area contributed by atoms with Crippen LogP contribution in [0.1, 0.15) is 31.2 Å². The predicted molar refractivity (Wildman–Crippen MR) is 81.5 cm³/mol. The maximum absolute atomic E-state index is 13.8. The van der Waals surface area contributed by atoms with Crippen LogP contribution in [0.25, 0.3) is 10.9 Å². The zero-order valence-electron chi connectivity index (χ0n) is 12.1. The van der Waals surface area contributed by atoms with Crippen molar-refractivity contribution < 1.29 is 9.50 Å². The number of aliphatic hydroxyl groups is 1. The molecule has 1 heterocycles. The summed E-state index contributed by atoms with van der Waals surface area (Å²) in [7, 11) is 0. The summed E-state index contributed by atoms with van der Waals surface area (Å²) >= 11 is 0. The van der Waals surface area contributed by atoms with Gasteiger partial charge in [-0.15, -0.1) is 0 Å². The molecule has 0 bridgehead atoms. The summed E-state index contributed by atoms with van der Waals surface area (Å²) in [5.41, 5.74) is 1.82. The Hall–Kier alpha value is -1.52. The van der Waals surface area contributed by atoms with E-state index < -0.39 is 0 Å². The fourth-order valence-corrected chi connectivity index (χ4v) is 2.98. The quantitative estimate of drug-likeness (QED) is 0.887. The molecular formula is C17H21FN2O. The standard InChI is InChI=1S/C17H21FN2O/c18-15-10-13-4-2-7-19-17(13)14(11-15)12-20(8-3-9-21)16-5-1-6-16/h2,4,7,10-11,16,21H,1,3,5-6,8-9,12H2. The maximum atomic E-state index is 13.8. The lowest BCUT2D eigenvalue weighted by atomic mass is 9.91. The second-order valence-electron chi connectivity index (χ2n) is 5.77. The third-order valence-electron chi connectivity index (χ3n) is 4.32. The molecule has 0 atom stereocenters. The molecule has 112 valence electrons. The lowest BCUT2D eigenvalue weighted by molar-refractivity contribution is 0.109. The van der Waals surface area contributed by atoms with Crippen molar-refractivity contribution in [3.8, 4) is 0 Å². The molecule has 3 nitrogen and oxygen atoms in total. The first-order chi connectivity index (χ1) is 10.3. The van der Waals surface area contributed by atoms with Gasteiger partial charge in [0.2, 0.25) is 0 Å². The molecule has 4 heteroatoms. The highest BCUT2D eigenvalue weighted by Crippen LogP contribution is 2.28. The van der Waals surface area contributed by atoms with Crippen LogP contribution in [-0.4, -0.2) is 34.2 Å². The summed E-state index contributed by atoms with van der Waals surface area (Å²) in [4.78, 5) is 6.78. The summed E-state index contributed by atoms with van der Waals surface area (Å²) in [5, 5.41) is 9.92. The van der Waals surface area contributed by atoms with E-state index in [9.17, 15) is 4.39 Å². The molecule has 0 unspecified atom stereocenters. The molecule has 0 saturated heterocycles. The molecule has 1 N–H and O–H groups in total. The number of fused-ring (bicyclic) bond motifs is 1. The lowest BCUT2D eigenvalue weighted by Gasteiger charge is -2.37. The molecule has 1 saturated carbocycles. The second kappa shape index (κ2) is 6.50. The van der Waals surface area contributed by atoms with E-state index >= 15 is 0 Å². The van der Waals surface area contributed by atoms with E-state index in [0.29, 0.717) is 12.6 Å². The van der Waals surface area contributed by atoms with E-state index in [-0.39, 0.29) is 12.4 Å². The van der Waals surface area contributed by atoms with Crippen molar-refractivity contribution in [1.82, 2.24) is 9.88 Å². The van der Waals surface area contributed by atoms with Gasteiger partial charge in [-0.05, 0) is 43.0 Å². The monoisotopic (exact) mass is 288 g/mol. The summed E-state index contributed by atoms with van der Waals surface area (Å²) in [6.45, 7) is 1.76. The normalized spacial score (nSPS) is 15.6. The van der Waals surface area contributed by atoms with Crippen molar-refractivity contribution in [1.29, 1.82) is 0 Å². The Labute approximate surface area is 124 Å². The van der Waals surface area contributed by atoms with Crippen LogP contribution >= 0.6 is 0 Å². The molecule has 1 aliphatic rings. The highest BCUT2D eigenvalue weighted by molar-refractivity contribution is 5.81. The number of aromatic nitrogens is 1. The number of nitrogens with zero attached hydrogens (tertiary/aromatic N) is 2. The Morgan fingerprint density at radius 1 is 1.33 bits per heavy atom. The lowest BCUT2D eigenvalue weighted by Crippen LogP contribution is -2.40. The number of halogens is 1. The SMILES string of the molecule is OCCCN(Cc1cc(F)cc2cccnc12)C1CCC1. The second-order valence-corrected chi connectivity index (χ2v) is 5.77. The van der Waals surface area contributed by atoms with Crippen molar-refractivity contribution >= 4 is 10.9 Å². The molecule has 0 aliphatic heterocycles. The van der Waals surface area contributed by atoms with E-state index in [4.69, 9.17) is 5.11 Å². The van der Waals surface area contributed by atoms with E-state index in [1.165, 1.54) is 25.3 Å². The molecule has 2 aromatic rings. The van der Waals surface area contributed by atoms with Crippen LogP contribution in [0.3, 0.4) is 0 Å². The Morgan fingerprint density at radius 2 is 2.19 bits per heavy atom. The summed E-state index contributed by atoms with van der Waals surface area (Å²) in [6.07, 6.45) is 6.18. The molecule has 1 aromatic heterocycles. The van der Waals surface area contributed by atoms with Crippen LogP contribution in [-0.2, 0) is 6.54 Å². The first-order valence-corrected chi connectivity index (χ1v) is 7.66. The third kappa shape index (κ3) is 3.22. The van der Waals surface area contributed by atoms with Crippen molar-refractivity contribution in [2.45, 2.75) is 38.3 Å². The number of benzene rings is 1. The van der Waals surface area contributed by atoms with E-state index in [1.807, 2.05) is 12.1 Å². The molecule has 3 rings (SSSR count). The van der Waals surface area contributed by atoms with Crippen molar-refractivity contribution in [3.05, 3.63) is 41.8 Å². The van der Waals surface area contributed by atoms with Gasteiger partial charge in [-0.3, -0.25) is 9.88 Å². The van der Waals surface area contributed by atoms with Gasteiger partial charge in [0, 0.05) is 37.3 Å². The van der Waals surface area contributed by atoms with Crippen LogP contribution in [0.4, 0.5) is 4.39 Å². The van der Waals surface area contributed by atoms with Crippen LogP contribution in [0.2, 0.25) is 0 Å². The Bertz CT molecular complexity index is 613. The fourth-order valence-electron chi connectivity index (χ4n) is 2.98. The zero-order valence-corrected chi connectivity index (χ0v) is 12.1. The van der Waals surface area contributed by atoms with Gasteiger partial charge in [-0.2, -0.15) is 0 Å². The average molecular weight is 288 g/mol.